The first-order valence-electron chi connectivity index (χ1n) is 12.7. The van der Waals surface area contributed by atoms with Crippen LogP contribution < -0.4 is 9.47 Å². The van der Waals surface area contributed by atoms with Gasteiger partial charge in [0.15, 0.2) is 0 Å². The lowest BCUT2D eigenvalue weighted by Gasteiger charge is -2.07. The summed E-state index contributed by atoms with van der Waals surface area (Å²) in [6.45, 7) is 10.8. The molecule has 0 heterocycles. The second-order valence-electron chi connectivity index (χ2n) is 8.78. The van der Waals surface area contributed by atoms with E-state index in [9.17, 15) is 14.0 Å². The molecule has 0 bridgehead atoms. The minimum absolute atomic E-state index is 0.0933. The van der Waals surface area contributed by atoms with Gasteiger partial charge in [0.25, 0.3) is 0 Å². The molecule has 0 aliphatic carbocycles. The van der Waals surface area contributed by atoms with E-state index in [0.29, 0.717) is 39.3 Å². The Kier molecular flexibility index (Phi) is 11.3. The van der Waals surface area contributed by atoms with Gasteiger partial charge in [-0.25, -0.2) is 14.0 Å². The summed E-state index contributed by atoms with van der Waals surface area (Å²) in [6.07, 6.45) is 0. The Morgan fingerprint density at radius 2 is 1.12 bits per heavy atom. The van der Waals surface area contributed by atoms with Crippen LogP contribution in [-0.4, -0.2) is 38.4 Å². The molecule has 0 aromatic heterocycles. The number of rotatable bonds is 10. The van der Waals surface area contributed by atoms with Crippen molar-refractivity contribution in [1.29, 1.82) is 0 Å². The zero-order chi connectivity index (χ0) is 29.6. The molecule has 208 valence electrons. The summed E-state index contributed by atoms with van der Waals surface area (Å²) in [6, 6.07) is 18.7. The molecule has 6 nitrogen and oxygen atoms in total. The highest BCUT2D eigenvalue weighted by atomic mass is 19.1. The molecular formula is C34H29FO6. The number of carbonyl (C=O) groups excluding carboxylic acids is 2. The Morgan fingerprint density at radius 3 is 1.59 bits per heavy atom. The van der Waals surface area contributed by atoms with Crippen LogP contribution >= 0.6 is 0 Å². The van der Waals surface area contributed by atoms with Crippen molar-refractivity contribution in [2.24, 2.45) is 0 Å². The standard InChI is InChI=1S/C34H29FO6/c1-24(2)33(36)40-19-17-38-30-9-5-7-26(21-30)11-12-28-14-16-29(32(35)23-28)15-13-27-8-6-10-31(22-27)39-18-20-41-34(37)25(3)4/h5-10,14,16,21-23H,1,3,17-20H2,2,4H3. The molecule has 0 fully saturated rings. The smallest absolute Gasteiger partial charge is 0.333 e. The molecule has 0 saturated carbocycles. The third kappa shape index (κ3) is 10.4. The summed E-state index contributed by atoms with van der Waals surface area (Å²) >= 11 is 0. The van der Waals surface area contributed by atoms with Crippen LogP contribution in [0.3, 0.4) is 0 Å². The van der Waals surface area contributed by atoms with E-state index in [1.165, 1.54) is 6.07 Å². The Hall–Kier alpha value is -5.27. The molecule has 0 atom stereocenters. The van der Waals surface area contributed by atoms with E-state index in [0.717, 1.165) is 0 Å². The lowest BCUT2D eigenvalue weighted by Crippen LogP contribution is -2.12. The van der Waals surface area contributed by atoms with E-state index in [4.69, 9.17) is 18.9 Å². The molecule has 0 radical (unpaired) electrons. The first-order valence-corrected chi connectivity index (χ1v) is 12.7. The predicted molar refractivity (Wildman–Crippen MR) is 154 cm³/mol. The normalized spacial score (nSPS) is 9.73. The van der Waals surface area contributed by atoms with Crippen molar-refractivity contribution >= 4 is 11.9 Å². The van der Waals surface area contributed by atoms with Crippen LogP contribution in [0.5, 0.6) is 11.5 Å². The topological polar surface area (TPSA) is 71.1 Å². The van der Waals surface area contributed by atoms with Gasteiger partial charge in [-0.1, -0.05) is 49.0 Å². The minimum Gasteiger partial charge on any atom is -0.490 e. The highest BCUT2D eigenvalue weighted by Crippen LogP contribution is 2.15. The first-order chi connectivity index (χ1) is 19.7. The van der Waals surface area contributed by atoms with E-state index >= 15 is 0 Å². The molecule has 0 saturated heterocycles. The van der Waals surface area contributed by atoms with Gasteiger partial charge in [0.05, 0.1) is 5.56 Å². The van der Waals surface area contributed by atoms with E-state index in [1.54, 1.807) is 68.4 Å². The Balaban J connectivity index is 1.57. The number of hydrogen-bond donors (Lipinski definition) is 0. The molecule has 0 aliphatic rings. The molecule has 7 heteroatoms. The van der Waals surface area contributed by atoms with Crippen molar-refractivity contribution in [2.45, 2.75) is 13.8 Å². The van der Waals surface area contributed by atoms with Gasteiger partial charge in [-0.2, -0.15) is 0 Å². The van der Waals surface area contributed by atoms with Gasteiger partial charge < -0.3 is 18.9 Å². The first kappa shape index (κ1) is 30.3. The summed E-state index contributed by atoms with van der Waals surface area (Å²) in [5.41, 5.74) is 2.70. The Labute approximate surface area is 239 Å². The van der Waals surface area contributed by atoms with Gasteiger partial charge in [0, 0.05) is 27.8 Å². The third-order valence-electron chi connectivity index (χ3n) is 5.20. The van der Waals surface area contributed by atoms with Crippen LogP contribution in [0.2, 0.25) is 0 Å². The molecule has 3 rings (SSSR count). The van der Waals surface area contributed by atoms with Crippen molar-refractivity contribution in [2.75, 3.05) is 26.4 Å². The highest BCUT2D eigenvalue weighted by molar-refractivity contribution is 5.87. The number of esters is 2. The largest absolute Gasteiger partial charge is 0.490 e. The van der Waals surface area contributed by atoms with Gasteiger partial charge in [-0.3, -0.25) is 0 Å². The zero-order valence-electron chi connectivity index (χ0n) is 22.9. The van der Waals surface area contributed by atoms with Crippen LogP contribution in [-0.2, 0) is 19.1 Å². The number of benzene rings is 3. The summed E-state index contributed by atoms with van der Waals surface area (Å²) in [5, 5.41) is 0. The molecule has 3 aromatic rings. The number of halogens is 1. The molecule has 0 spiro atoms. The third-order valence-corrected chi connectivity index (χ3v) is 5.20. The molecule has 0 unspecified atom stereocenters. The van der Waals surface area contributed by atoms with E-state index < -0.39 is 17.8 Å². The van der Waals surface area contributed by atoms with Gasteiger partial charge >= 0.3 is 11.9 Å². The number of hydrogen-bond acceptors (Lipinski definition) is 6. The van der Waals surface area contributed by atoms with Gasteiger partial charge in [-0.15, -0.1) is 0 Å². The molecule has 0 amide bonds. The average Bonchev–Trinajstić information content (AvgIpc) is 2.96. The average molecular weight is 553 g/mol. The molecule has 3 aromatic carbocycles. The van der Waals surface area contributed by atoms with Crippen LogP contribution in [0.4, 0.5) is 4.39 Å². The molecule has 41 heavy (non-hydrogen) atoms. The maximum absolute atomic E-state index is 14.7. The lowest BCUT2D eigenvalue weighted by atomic mass is 10.1. The van der Waals surface area contributed by atoms with Gasteiger partial charge in [0.2, 0.25) is 0 Å². The maximum Gasteiger partial charge on any atom is 0.333 e. The van der Waals surface area contributed by atoms with Crippen LogP contribution in [0.1, 0.15) is 36.1 Å². The van der Waals surface area contributed by atoms with Gasteiger partial charge in [0.1, 0.15) is 43.7 Å². The van der Waals surface area contributed by atoms with E-state index in [1.807, 2.05) is 6.07 Å². The van der Waals surface area contributed by atoms with Crippen LogP contribution in [0, 0.1) is 29.5 Å². The monoisotopic (exact) mass is 552 g/mol. The summed E-state index contributed by atoms with van der Waals surface area (Å²) in [4.78, 5) is 22.8. The number of ether oxygens (including phenoxy) is 4. The zero-order valence-corrected chi connectivity index (χ0v) is 22.9. The fourth-order valence-corrected chi connectivity index (χ4v) is 3.14. The van der Waals surface area contributed by atoms with Crippen molar-refractivity contribution in [3.63, 3.8) is 0 Å². The second kappa shape index (κ2) is 15.4. The molecule has 0 aliphatic heterocycles. The quantitative estimate of drug-likeness (QED) is 0.141. The minimum atomic E-state index is -0.488. The van der Waals surface area contributed by atoms with Crippen molar-refractivity contribution in [3.05, 3.63) is 119 Å². The molecular weight excluding hydrogens is 523 g/mol. The summed E-state index contributed by atoms with van der Waals surface area (Å²) in [5.74, 6) is 11.4. The van der Waals surface area contributed by atoms with Crippen molar-refractivity contribution in [1.82, 2.24) is 0 Å². The maximum atomic E-state index is 14.7. The highest BCUT2D eigenvalue weighted by Gasteiger charge is 2.05. The second-order valence-corrected chi connectivity index (χ2v) is 8.78. The Bertz CT molecular complexity index is 1560. The molecule has 0 N–H and O–H groups in total. The number of carbonyl (C=O) groups is 2. The lowest BCUT2D eigenvalue weighted by molar-refractivity contribution is -0.140. The van der Waals surface area contributed by atoms with Crippen molar-refractivity contribution < 1.29 is 32.9 Å². The van der Waals surface area contributed by atoms with E-state index in [2.05, 4.69) is 36.8 Å². The van der Waals surface area contributed by atoms with Crippen LogP contribution in [0.15, 0.2) is 91.0 Å². The SMILES string of the molecule is C=C(C)C(=O)OCCOc1cccc(C#Cc2ccc(C#Cc3cccc(OCCOC(=O)C(=C)C)c3)c(F)c2)c1. The fourth-order valence-electron chi connectivity index (χ4n) is 3.14. The van der Waals surface area contributed by atoms with Crippen LogP contribution in [0.25, 0.3) is 0 Å². The Morgan fingerprint density at radius 1 is 0.659 bits per heavy atom. The van der Waals surface area contributed by atoms with Gasteiger partial charge in [-0.05, 0) is 68.4 Å². The summed E-state index contributed by atoms with van der Waals surface area (Å²) < 4.78 is 35.9. The summed E-state index contributed by atoms with van der Waals surface area (Å²) in [7, 11) is 0. The fraction of sp³-hybridized carbons (Fsp3) is 0.176. The predicted octanol–water partition coefficient (Wildman–Crippen LogP) is 5.62. The van der Waals surface area contributed by atoms with E-state index in [-0.39, 0.29) is 32.0 Å². The van der Waals surface area contributed by atoms with Crippen molar-refractivity contribution in [3.8, 4) is 35.2 Å².